The molecule has 0 fully saturated rings. The van der Waals surface area contributed by atoms with Gasteiger partial charge in [-0.1, -0.05) is 62.0 Å². The van der Waals surface area contributed by atoms with E-state index in [1.807, 2.05) is 13.8 Å². The summed E-state index contributed by atoms with van der Waals surface area (Å²) in [5.41, 5.74) is 0.711. The molecule has 1 heterocycles. The van der Waals surface area contributed by atoms with Gasteiger partial charge in [-0.15, -0.1) is 0 Å². The van der Waals surface area contributed by atoms with E-state index in [0.717, 1.165) is 7.11 Å². The van der Waals surface area contributed by atoms with Crippen molar-refractivity contribution in [2.24, 2.45) is 0 Å². The first-order valence-corrected chi connectivity index (χ1v) is 7.76. The Labute approximate surface area is 133 Å². The van der Waals surface area contributed by atoms with Crippen LogP contribution in [0, 0.1) is 0 Å². The van der Waals surface area contributed by atoms with Crippen molar-refractivity contribution in [1.29, 1.82) is 0 Å². The van der Waals surface area contributed by atoms with Crippen molar-refractivity contribution >= 4 is 11.8 Å². The van der Waals surface area contributed by atoms with Crippen molar-refractivity contribution < 1.29 is 18.3 Å². The molecule has 1 nitrogen and oxygen atoms in total. The molecule has 120 valence electrons. The maximum absolute atomic E-state index is 13.3. The summed E-state index contributed by atoms with van der Waals surface area (Å²) < 4.78 is 39.9. The lowest BCUT2D eigenvalue weighted by molar-refractivity contribution is -0.142. The second-order valence-electron chi connectivity index (χ2n) is 4.15. The van der Waals surface area contributed by atoms with E-state index in [2.05, 4.69) is 0 Å². The number of aliphatic hydroxyl groups is 1. The number of rotatable bonds is 0. The Hall–Kier alpha value is -1.46. The fourth-order valence-electron chi connectivity index (χ4n) is 2.26. The molecule has 22 heavy (non-hydrogen) atoms. The van der Waals surface area contributed by atoms with Gasteiger partial charge in [0.05, 0.1) is 0 Å². The fourth-order valence-corrected chi connectivity index (χ4v) is 3.40. The molecule has 0 unspecified atom stereocenters. The summed E-state index contributed by atoms with van der Waals surface area (Å²) in [5.74, 6) is -1.51. The predicted molar refractivity (Wildman–Crippen MR) is 84.4 cm³/mol. The maximum atomic E-state index is 13.3. The fraction of sp³-hybridized carbons (Fsp3) is 0.294. The van der Waals surface area contributed by atoms with E-state index in [1.165, 1.54) is 11.8 Å². The maximum Gasteiger partial charge on any atom is 0.399 e. The smallest absolute Gasteiger partial charge is 0.399 e. The summed E-state index contributed by atoms with van der Waals surface area (Å²) in [6, 6.07) is 13.5. The SMILES string of the molecule is CC.CO.FC(F)(F)C1c2ccccc2Sc2ccccc21. The quantitative estimate of drug-likeness (QED) is 0.691. The standard InChI is InChI=1S/C14H9F3S.C2H6.CH4O/c15-14(16,17)13-9-5-1-3-7-11(9)18-12-8-4-2-6-10(12)13;2*1-2/h1-8,13H;1-2H3;2H,1H3. The zero-order valence-corrected chi connectivity index (χ0v) is 13.5. The Morgan fingerprint density at radius 3 is 1.55 bits per heavy atom. The summed E-state index contributed by atoms with van der Waals surface area (Å²) in [5, 5.41) is 7.00. The molecule has 0 saturated heterocycles. The van der Waals surface area contributed by atoms with Gasteiger partial charge in [-0.2, -0.15) is 13.2 Å². The van der Waals surface area contributed by atoms with Gasteiger partial charge in [-0.3, -0.25) is 0 Å². The molecule has 0 saturated carbocycles. The number of benzene rings is 2. The van der Waals surface area contributed by atoms with E-state index in [1.54, 1.807) is 48.5 Å². The molecule has 3 rings (SSSR count). The molecule has 5 heteroatoms. The summed E-state index contributed by atoms with van der Waals surface area (Å²) in [4.78, 5) is 1.39. The van der Waals surface area contributed by atoms with Crippen LogP contribution in [0.15, 0.2) is 58.3 Å². The monoisotopic (exact) mass is 328 g/mol. The van der Waals surface area contributed by atoms with Crippen LogP contribution in [0.2, 0.25) is 0 Å². The van der Waals surface area contributed by atoms with Crippen LogP contribution in [0.4, 0.5) is 13.2 Å². The molecule has 2 aromatic rings. The molecule has 0 bridgehead atoms. The van der Waals surface area contributed by atoms with E-state index in [4.69, 9.17) is 5.11 Å². The van der Waals surface area contributed by atoms with Crippen molar-refractivity contribution in [3.05, 3.63) is 59.7 Å². The lowest BCUT2D eigenvalue weighted by Crippen LogP contribution is -2.24. The van der Waals surface area contributed by atoms with Crippen molar-refractivity contribution in [3.8, 4) is 0 Å². The Kier molecular flexibility index (Phi) is 6.97. The largest absolute Gasteiger partial charge is 0.400 e. The summed E-state index contributed by atoms with van der Waals surface area (Å²) in [6.07, 6.45) is -4.26. The molecule has 0 aliphatic carbocycles. The van der Waals surface area contributed by atoms with Crippen LogP contribution in [-0.4, -0.2) is 18.4 Å². The highest BCUT2D eigenvalue weighted by Crippen LogP contribution is 2.51. The van der Waals surface area contributed by atoms with Crippen molar-refractivity contribution in [1.82, 2.24) is 0 Å². The average molecular weight is 328 g/mol. The minimum atomic E-state index is -4.26. The minimum Gasteiger partial charge on any atom is -0.400 e. The first-order chi connectivity index (χ1) is 10.6. The Balaban J connectivity index is 0.000000561. The van der Waals surface area contributed by atoms with Gasteiger partial charge in [0, 0.05) is 16.9 Å². The van der Waals surface area contributed by atoms with Crippen molar-refractivity contribution in [3.63, 3.8) is 0 Å². The van der Waals surface area contributed by atoms with Gasteiger partial charge in [0.15, 0.2) is 0 Å². The van der Waals surface area contributed by atoms with Crippen molar-refractivity contribution in [2.45, 2.75) is 35.7 Å². The first-order valence-electron chi connectivity index (χ1n) is 6.94. The Bertz CT molecular complexity index is 551. The molecule has 0 amide bonds. The molecule has 0 spiro atoms. The molecular formula is C17H19F3OS. The third-order valence-electron chi connectivity index (χ3n) is 3.01. The van der Waals surface area contributed by atoms with E-state index in [0.29, 0.717) is 20.9 Å². The summed E-state index contributed by atoms with van der Waals surface area (Å²) in [6.45, 7) is 4.00. The van der Waals surface area contributed by atoms with Gasteiger partial charge in [0.25, 0.3) is 0 Å². The molecule has 0 radical (unpaired) electrons. The van der Waals surface area contributed by atoms with Gasteiger partial charge < -0.3 is 5.11 Å². The van der Waals surface area contributed by atoms with E-state index < -0.39 is 12.1 Å². The second-order valence-corrected chi connectivity index (χ2v) is 5.24. The summed E-state index contributed by atoms with van der Waals surface area (Å²) >= 11 is 1.40. The highest BCUT2D eigenvalue weighted by molar-refractivity contribution is 7.99. The highest BCUT2D eigenvalue weighted by atomic mass is 32.2. The number of hydrogen-bond donors (Lipinski definition) is 1. The van der Waals surface area contributed by atoms with E-state index >= 15 is 0 Å². The van der Waals surface area contributed by atoms with E-state index in [9.17, 15) is 13.2 Å². The van der Waals surface area contributed by atoms with Crippen LogP contribution in [0.3, 0.4) is 0 Å². The molecule has 1 N–H and O–H groups in total. The van der Waals surface area contributed by atoms with Gasteiger partial charge in [-0.05, 0) is 23.3 Å². The minimum absolute atomic E-state index is 0.355. The molecule has 1 aliphatic rings. The molecule has 0 aromatic heterocycles. The van der Waals surface area contributed by atoms with E-state index in [-0.39, 0.29) is 0 Å². The van der Waals surface area contributed by atoms with Crippen LogP contribution >= 0.6 is 11.8 Å². The van der Waals surface area contributed by atoms with Crippen LogP contribution in [-0.2, 0) is 0 Å². The lowest BCUT2D eigenvalue weighted by Gasteiger charge is -2.29. The Morgan fingerprint density at radius 1 is 0.818 bits per heavy atom. The Morgan fingerprint density at radius 2 is 1.18 bits per heavy atom. The lowest BCUT2D eigenvalue weighted by atomic mass is 9.90. The predicted octanol–water partition coefficient (Wildman–Crippen LogP) is 5.48. The first kappa shape index (κ1) is 18.6. The zero-order chi connectivity index (χ0) is 16.8. The third kappa shape index (κ3) is 3.84. The number of hydrogen-bond acceptors (Lipinski definition) is 2. The van der Waals surface area contributed by atoms with Gasteiger partial charge >= 0.3 is 6.18 Å². The summed E-state index contributed by atoms with van der Waals surface area (Å²) in [7, 11) is 1.00. The number of halogens is 3. The molecular weight excluding hydrogens is 309 g/mol. The van der Waals surface area contributed by atoms with Crippen molar-refractivity contribution in [2.75, 3.05) is 7.11 Å². The molecule has 0 atom stereocenters. The number of fused-ring (bicyclic) bond motifs is 2. The third-order valence-corrected chi connectivity index (χ3v) is 4.19. The normalized spacial score (nSPS) is 12.9. The van der Waals surface area contributed by atoms with Crippen LogP contribution in [0.1, 0.15) is 30.9 Å². The highest BCUT2D eigenvalue weighted by Gasteiger charge is 2.45. The van der Waals surface area contributed by atoms with Crippen LogP contribution in [0.5, 0.6) is 0 Å². The van der Waals surface area contributed by atoms with Gasteiger partial charge in [-0.25, -0.2) is 0 Å². The zero-order valence-electron chi connectivity index (χ0n) is 12.7. The van der Waals surface area contributed by atoms with Gasteiger partial charge in [0.1, 0.15) is 5.92 Å². The number of aliphatic hydroxyl groups excluding tert-OH is 1. The average Bonchev–Trinajstić information content (AvgIpc) is 2.55. The van der Waals surface area contributed by atoms with Crippen LogP contribution in [0.25, 0.3) is 0 Å². The molecule has 1 aliphatic heterocycles. The second kappa shape index (κ2) is 8.25. The van der Waals surface area contributed by atoms with Gasteiger partial charge in [0.2, 0.25) is 0 Å². The number of alkyl halides is 3. The topological polar surface area (TPSA) is 20.2 Å². The molecule has 2 aromatic carbocycles. The van der Waals surface area contributed by atoms with Crippen LogP contribution < -0.4 is 0 Å².